The monoisotopic (exact) mass is 440 g/mol. The first kappa shape index (κ1) is 28.5. The number of unbranched alkanes of at least 4 members (excludes halogenated alkanes) is 12. The van der Waals surface area contributed by atoms with Crippen molar-refractivity contribution in [3.05, 3.63) is 0 Å². The molecule has 0 saturated carbocycles. The van der Waals surface area contributed by atoms with E-state index in [4.69, 9.17) is 9.26 Å². The van der Waals surface area contributed by atoms with Crippen LogP contribution in [0.5, 0.6) is 0 Å². The van der Waals surface area contributed by atoms with Crippen LogP contribution >= 0.6 is 7.82 Å². The first-order valence-corrected chi connectivity index (χ1v) is 12.6. The van der Waals surface area contributed by atoms with Crippen LogP contribution in [0.25, 0.3) is 0 Å². The molecule has 0 aliphatic rings. The zero-order valence-electron chi connectivity index (χ0n) is 18.7. The number of rotatable bonds is 21. The lowest BCUT2D eigenvalue weighted by atomic mass is 10.0. The number of phosphoric ester groups is 1. The molecule has 0 aromatic rings. The largest absolute Gasteiger partial charge is 0.474 e. The summed E-state index contributed by atoms with van der Waals surface area (Å²) >= 11 is 0. The van der Waals surface area contributed by atoms with Crippen LogP contribution in [0.3, 0.4) is 0 Å². The highest BCUT2D eigenvalue weighted by Gasteiger charge is 2.26. The molecule has 0 aromatic carbocycles. The van der Waals surface area contributed by atoms with Gasteiger partial charge < -0.3 is 4.74 Å². The van der Waals surface area contributed by atoms with Gasteiger partial charge in [0.15, 0.2) is 6.10 Å². The van der Waals surface area contributed by atoms with Gasteiger partial charge in [-0.3, -0.25) is 18.4 Å². The number of esters is 1. The summed E-state index contributed by atoms with van der Waals surface area (Å²) in [6.45, 7) is 0.947. The topological polar surface area (TPSA) is 71.1 Å². The summed E-state index contributed by atoms with van der Waals surface area (Å²) in [4.78, 5) is 11.8. The Hall–Kier alpha value is -0.490. The fraction of sp³-hybridized carbons (Fsp3) is 0.952. The molecule has 0 amide bonds. The summed E-state index contributed by atoms with van der Waals surface area (Å²) in [6.07, 6.45) is 15.1. The van der Waals surface area contributed by atoms with E-state index in [2.05, 4.69) is 16.0 Å². The highest BCUT2D eigenvalue weighted by atomic mass is 31.2. The zero-order chi connectivity index (χ0) is 21.8. The molecule has 0 bridgehead atoms. The number of alkyl halides is 1. The minimum Gasteiger partial charge on any atom is -0.457 e. The Morgan fingerprint density at radius 1 is 0.828 bits per heavy atom. The van der Waals surface area contributed by atoms with Crippen molar-refractivity contribution in [2.75, 3.05) is 27.5 Å². The zero-order valence-corrected chi connectivity index (χ0v) is 19.6. The molecule has 0 rings (SSSR count). The Morgan fingerprint density at radius 2 is 1.28 bits per heavy atom. The number of halogens is 1. The Labute approximate surface area is 176 Å². The van der Waals surface area contributed by atoms with Crippen LogP contribution < -0.4 is 0 Å². The van der Waals surface area contributed by atoms with Crippen molar-refractivity contribution < 1.29 is 32.1 Å². The highest BCUT2D eigenvalue weighted by molar-refractivity contribution is 7.48. The predicted octanol–water partition coefficient (Wildman–Crippen LogP) is 6.77. The van der Waals surface area contributed by atoms with Gasteiger partial charge >= 0.3 is 13.8 Å². The summed E-state index contributed by atoms with van der Waals surface area (Å²) in [5.41, 5.74) is 0. The molecule has 0 heterocycles. The van der Waals surface area contributed by atoms with E-state index in [1.807, 2.05) is 0 Å². The van der Waals surface area contributed by atoms with Crippen LogP contribution in [0, 0.1) is 0 Å². The highest BCUT2D eigenvalue weighted by Crippen LogP contribution is 2.47. The van der Waals surface area contributed by atoms with E-state index in [0.29, 0.717) is 0 Å². The number of phosphoric acid groups is 1. The average Bonchev–Trinajstić information content (AvgIpc) is 2.74. The van der Waals surface area contributed by atoms with Crippen LogP contribution in [0.15, 0.2) is 0 Å². The fourth-order valence-electron chi connectivity index (χ4n) is 3.00. The molecule has 0 fully saturated rings. The second-order valence-corrected chi connectivity index (χ2v) is 9.25. The number of carbonyl (C=O) groups is 1. The smallest absolute Gasteiger partial charge is 0.457 e. The van der Waals surface area contributed by atoms with Crippen molar-refractivity contribution in [2.45, 2.75) is 103 Å². The fourth-order valence-corrected chi connectivity index (χ4v) is 3.71. The summed E-state index contributed by atoms with van der Waals surface area (Å²) in [5.74, 6) is -0.469. The molecule has 0 saturated heterocycles. The Kier molecular flexibility index (Phi) is 19.1. The van der Waals surface area contributed by atoms with Crippen LogP contribution in [0.2, 0.25) is 0 Å². The Balaban J connectivity index is 3.60. The van der Waals surface area contributed by atoms with Crippen molar-refractivity contribution in [3.8, 4) is 0 Å². The summed E-state index contributed by atoms with van der Waals surface area (Å²) in [5, 5.41) is 0. The summed E-state index contributed by atoms with van der Waals surface area (Å²) in [7, 11) is -1.38. The molecule has 0 aromatic heterocycles. The van der Waals surface area contributed by atoms with Crippen molar-refractivity contribution in [2.24, 2.45) is 0 Å². The molecular formula is C21H42FO6P. The van der Waals surface area contributed by atoms with E-state index in [9.17, 15) is 13.8 Å². The molecule has 6 nitrogen and oxygen atoms in total. The van der Waals surface area contributed by atoms with E-state index >= 15 is 0 Å². The molecular weight excluding hydrogens is 398 g/mol. The summed E-state index contributed by atoms with van der Waals surface area (Å²) < 4.78 is 43.8. The van der Waals surface area contributed by atoms with Gasteiger partial charge in [-0.2, -0.15) is 0 Å². The van der Waals surface area contributed by atoms with Crippen LogP contribution in [-0.2, 0) is 27.7 Å². The van der Waals surface area contributed by atoms with Crippen molar-refractivity contribution >= 4 is 13.8 Å². The van der Waals surface area contributed by atoms with Crippen molar-refractivity contribution in [1.82, 2.24) is 0 Å². The number of hydrogen-bond acceptors (Lipinski definition) is 6. The second-order valence-electron chi connectivity index (χ2n) is 7.37. The van der Waals surface area contributed by atoms with Gasteiger partial charge in [-0.15, -0.1) is 0 Å². The third kappa shape index (κ3) is 16.9. The lowest BCUT2D eigenvalue weighted by Crippen LogP contribution is -2.25. The van der Waals surface area contributed by atoms with Gasteiger partial charge in [0.05, 0.1) is 6.61 Å². The third-order valence-electron chi connectivity index (χ3n) is 4.82. The van der Waals surface area contributed by atoms with Crippen molar-refractivity contribution in [1.29, 1.82) is 0 Å². The average molecular weight is 441 g/mol. The predicted molar refractivity (Wildman–Crippen MR) is 114 cm³/mol. The maximum absolute atomic E-state index is 13.0. The van der Waals surface area contributed by atoms with Gasteiger partial charge in [-0.1, -0.05) is 84.0 Å². The maximum Gasteiger partial charge on any atom is 0.474 e. The molecule has 0 aliphatic heterocycles. The number of ether oxygens (including phenoxy) is 1. The first-order chi connectivity index (χ1) is 14.0. The van der Waals surface area contributed by atoms with Gasteiger partial charge in [0.25, 0.3) is 0 Å². The number of carbonyl (C=O) groups excluding carboxylic acids is 1. The molecule has 0 radical (unpaired) electrons. The van der Waals surface area contributed by atoms with E-state index in [1.165, 1.54) is 64.2 Å². The van der Waals surface area contributed by atoms with Gasteiger partial charge in [-0.05, 0) is 6.42 Å². The lowest BCUT2D eigenvalue weighted by Gasteiger charge is -2.18. The van der Waals surface area contributed by atoms with E-state index in [0.717, 1.165) is 33.5 Å². The first-order valence-electron chi connectivity index (χ1n) is 11.1. The summed E-state index contributed by atoms with van der Waals surface area (Å²) in [6, 6.07) is 0. The van der Waals surface area contributed by atoms with Gasteiger partial charge in [-0.25, -0.2) is 8.96 Å². The maximum atomic E-state index is 13.0. The lowest BCUT2D eigenvalue weighted by molar-refractivity contribution is -0.152. The third-order valence-corrected chi connectivity index (χ3v) is 6.18. The SMILES string of the molecule is CCCCCCCCCCCCCCCC(=O)OC(CF)COP(=O)(OC)OC. The van der Waals surface area contributed by atoms with E-state index < -0.39 is 26.6 Å². The van der Waals surface area contributed by atoms with E-state index in [-0.39, 0.29) is 13.0 Å². The van der Waals surface area contributed by atoms with Crippen LogP contribution in [-0.4, -0.2) is 39.6 Å². The molecule has 1 atom stereocenters. The molecule has 0 spiro atoms. The van der Waals surface area contributed by atoms with Crippen LogP contribution in [0.1, 0.15) is 96.8 Å². The minimum atomic E-state index is -3.70. The van der Waals surface area contributed by atoms with Crippen LogP contribution in [0.4, 0.5) is 4.39 Å². The van der Waals surface area contributed by atoms with Gasteiger partial charge in [0.2, 0.25) is 0 Å². The normalized spacial score (nSPS) is 12.8. The Morgan fingerprint density at radius 3 is 1.69 bits per heavy atom. The molecule has 29 heavy (non-hydrogen) atoms. The quantitative estimate of drug-likeness (QED) is 0.111. The molecule has 8 heteroatoms. The van der Waals surface area contributed by atoms with Gasteiger partial charge in [0.1, 0.15) is 6.67 Å². The van der Waals surface area contributed by atoms with Gasteiger partial charge in [0, 0.05) is 20.6 Å². The minimum absolute atomic E-state index is 0.250. The molecule has 0 N–H and O–H groups in total. The standard InChI is InChI=1S/C21H42FO6P/c1-4-5-6-7-8-9-10-11-12-13-14-15-16-17-21(23)28-20(18-22)19-27-29(24,25-2)26-3/h20H,4-19H2,1-3H3. The Bertz CT molecular complexity index is 427. The molecule has 0 aliphatic carbocycles. The van der Waals surface area contributed by atoms with E-state index in [1.54, 1.807) is 0 Å². The molecule has 1 unspecified atom stereocenters. The second kappa shape index (κ2) is 19.5. The number of hydrogen-bond donors (Lipinski definition) is 0. The molecule has 174 valence electrons. The van der Waals surface area contributed by atoms with Crippen molar-refractivity contribution in [3.63, 3.8) is 0 Å².